The number of halogens is 1. The van der Waals surface area contributed by atoms with Gasteiger partial charge >= 0.3 is 0 Å². The van der Waals surface area contributed by atoms with E-state index >= 15 is 0 Å². The first-order valence-corrected chi connectivity index (χ1v) is 5.46. The van der Waals surface area contributed by atoms with E-state index in [2.05, 4.69) is 16.9 Å². The van der Waals surface area contributed by atoms with E-state index in [-0.39, 0.29) is 11.4 Å². The van der Waals surface area contributed by atoms with Crippen LogP contribution in [0.1, 0.15) is 13.3 Å². The maximum Gasteiger partial charge on any atom is 0.224 e. The van der Waals surface area contributed by atoms with Crippen LogP contribution in [0.3, 0.4) is 0 Å². The fourth-order valence-corrected chi connectivity index (χ4v) is 1.90. The summed E-state index contributed by atoms with van der Waals surface area (Å²) in [4.78, 5) is 10.00. The van der Waals surface area contributed by atoms with Gasteiger partial charge in [-0.25, -0.2) is 9.97 Å². The predicted octanol–water partition coefficient (Wildman–Crippen LogP) is 1.34. The highest BCUT2D eigenvalue weighted by molar-refractivity contribution is 6.28. The molecular weight excluding hydrogens is 214 g/mol. The molecule has 0 radical (unpaired) electrons. The lowest BCUT2D eigenvalue weighted by Crippen LogP contribution is -2.43. The van der Waals surface area contributed by atoms with Crippen LogP contribution in [0.25, 0.3) is 0 Å². The Kier molecular flexibility index (Phi) is 3.07. The quantitative estimate of drug-likeness (QED) is 0.736. The van der Waals surface area contributed by atoms with Gasteiger partial charge in [-0.1, -0.05) is 6.92 Å². The van der Waals surface area contributed by atoms with Crippen molar-refractivity contribution in [3.05, 3.63) is 17.5 Å². The summed E-state index contributed by atoms with van der Waals surface area (Å²) < 4.78 is 0. The van der Waals surface area contributed by atoms with Crippen LogP contribution in [-0.2, 0) is 0 Å². The summed E-state index contributed by atoms with van der Waals surface area (Å²) in [6, 6.07) is 1.81. The minimum atomic E-state index is -0.285. The van der Waals surface area contributed by atoms with Crippen molar-refractivity contribution < 1.29 is 5.11 Å². The molecule has 2 rings (SSSR count). The van der Waals surface area contributed by atoms with E-state index in [4.69, 9.17) is 11.6 Å². The zero-order valence-electron chi connectivity index (χ0n) is 8.60. The Bertz CT molecular complexity index is 347. The fourth-order valence-electron chi connectivity index (χ4n) is 1.76. The smallest absolute Gasteiger partial charge is 0.224 e. The molecule has 1 aromatic rings. The van der Waals surface area contributed by atoms with Crippen LogP contribution in [0.5, 0.6) is 0 Å². The summed E-state index contributed by atoms with van der Waals surface area (Å²) in [6.45, 7) is 3.59. The number of β-amino-alcohol motifs (C(OH)–C–C–N with tert-alkyl or cyclic N) is 1. The molecule has 1 aromatic heterocycles. The molecule has 0 aliphatic carbocycles. The highest BCUT2D eigenvalue weighted by Crippen LogP contribution is 2.21. The third-order valence-electron chi connectivity index (χ3n) is 2.85. The zero-order chi connectivity index (χ0) is 10.8. The van der Waals surface area contributed by atoms with Gasteiger partial charge in [-0.2, -0.15) is 0 Å². The minimum Gasteiger partial charge on any atom is -0.391 e. The molecule has 1 fully saturated rings. The second-order valence-electron chi connectivity index (χ2n) is 3.96. The van der Waals surface area contributed by atoms with E-state index in [1.54, 1.807) is 6.20 Å². The molecule has 2 heterocycles. The summed E-state index contributed by atoms with van der Waals surface area (Å²) in [7, 11) is 0. The van der Waals surface area contributed by atoms with Crippen molar-refractivity contribution in [3.63, 3.8) is 0 Å². The molecule has 4 nitrogen and oxygen atoms in total. The third-order valence-corrected chi connectivity index (χ3v) is 3.04. The monoisotopic (exact) mass is 227 g/mol. The number of hydrogen-bond acceptors (Lipinski definition) is 4. The lowest BCUT2D eigenvalue weighted by molar-refractivity contribution is 0.102. The van der Waals surface area contributed by atoms with Crippen molar-refractivity contribution >= 4 is 17.4 Å². The van der Waals surface area contributed by atoms with Crippen LogP contribution in [0, 0.1) is 5.92 Å². The first kappa shape index (κ1) is 10.6. The number of aliphatic hydroxyl groups is 1. The van der Waals surface area contributed by atoms with Crippen LogP contribution in [0.2, 0.25) is 5.28 Å². The van der Waals surface area contributed by atoms with Crippen LogP contribution in [0.15, 0.2) is 12.3 Å². The standard InChI is InChI=1S/C10H14ClN3O/c1-7-3-5-14(6-8(7)15)9-2-4-12-10(11)13-9/h2,4,7-8,15H,3,5-6H2,1H3. The highest BCUT2D eigenvalue weighted by Gasteiger charge is 2.24. The summed E-state index contributed by atoms with van der Waals surface area (Å²) in [5, 5.41) is 10.0. The number of nitrogens with zero attached hydrogens (tertiary/aromatic N) is 3. The lowest BCUT2D eigenvalue weighted by Gasteiger charge is -2.34. The van der Waals surface area contributed by atoms with Crippen molar-refractivity contribution in [1.82, 2.24) is 9.97 Å². The second kappa shape index (κ2) is 4.33. The Morgan fingerprint density at radius 1 is 1.60 bits per heavy atom. The molecule has 1 N–H and O–H groups in total. The average Bonchev–Trinajstić information content (AvgIpc) is 2.22. The van der Waals surface area contributed by atoms with Crippen LogP contribution < -0.4 is 4.90 Å². The largest absolute Gasteiger partial charge is 0.391 e. The summed E-state index contributed by atoms with van der Waals surface area (Å²) in [6.07, 6.45) is 2.32. The Labute approximate surface area is 93.9 Å². The highest BCUT2D eigenvalue weighted by atomic mass is 35.5. The lowest BCUT2D eigenvalue weighted by atomic mass is 9.96. The van der Waals surface area contributed by atoms with Gasteiger partial charge in [0.05, 0.1) is 6.10 Å². The normalized spacial score (nSPS) is 26.7. The van der Waals surface area contributed by atoms with Gasteiger partial charge in [-0.3, -0.25) is 0 Å². The SMILES string of the molecule is CC1CCN(c2ccnc(Cl)n2)CC1O. The summed E-state index contributed by atoms with van der Waals surface area (Å²) >= 11 is 5.72. The number of piperidine rings is 1. The number of anilines is 1. The number of aliphatic hydroxyl groups excluding tert-OH is 1. The van der Waals surface area contributed by atoms with Gasteiger partial charge in [0.1, 0.15) is 5.82 Å². The molecule has 1 aliphatic heterocycles. The van der Waals surface area contributed by atoms with Gasteiger partial charge in [0.15, 0.2) is 0 Å². The number of aromatic nitrogens is 2. The van der Waals surface area contributed by atoms with Gasteiger partial charge < -0.3 is 10.0 Å². The summed E-state index contributed by atoms with van der Waals surface area (Å²) in [5.74, 6) is 1.15. The van der Waals surface area contributed by atoms with Gasteiger partial charge in [0.2, 0.25) is 5.28 Å². The molecule has 15 heavy (non-hydrogen) atoms. The average molecular weight is 228 g/mol. The van der Waals surface area contributed by atoms with Crippen molar-refractivity contribution in [2.45, 2.75) is 19.4 Å². The van der Waals surface area contributed by atoms with Gasteiger partial charge in [-0.05, 0) is 30.0 Å². The maximum absolute atomic E-state index is 9.76. The number of rotatable bonds is 1. The van der Waals surface area contributed by atoms with Gasteiger partial charge in [0.25, 0.3) is 0 Å². The van der Waals surface area contributed by atoms with E-state index in [0.717, 1.165) is 18.8 Å². The van der Waals surface area contributed by atoms with Gasteiger partial charge in [0, 0.05) is 19.3 Å². The maximum atomic E-state index is 9.76. The van der Waals surface area contributed by atoms with Crippen LogP contribution >= 0.6 is 11.6 Å². The zero-order valence-corrected chi connectivity index (χ0v) is 9.35. The van der Waals surface area contributed by atoms with Crippen molar-refractivity contribution in [1.29, 1.82) is 0 Å². The molecular formula is C10H14ClN3O. The Morgan fingerprint density at radius 3 is 3.07 bits per heavy atom. The predicted molar refractivity (Wildman–Crippen MR) is 59.0 cm³/mol. The Balaban J connectivity index is 2.12. The molecule has 0 aromatic carbocycles. The second-order valence-corrected chi connectivity index (χ2v) is 4.30. The Morgan fingerprint density at radius 2 is 2.40 bits per heavy atom. The van der Waals surface area contributed by atoms with Crippen LogP contribution in [0.4, 0.5) is 5.82 Å². The molecule has 1 aliphatic rings. The van der Waals surface area contributed by atoms with Crippen molar-refractivity contribution in [3.8, 4) is 0 Å². The molecule has 0 spiro atoms. The molecule has 0 bridgehead atoms. The van der Waals surface area contributed by atoms with Crippen molar-refractivity contribution in [2.24, 2.45) is 5.92 Å². The molecule has 2 atom stereocenters. The van der Waals surface area contributed by atoms with E-state index < -0.39 is 0 Å². The molecule has 0 amide bonds. The molecule has 5 heteroatoms. The molecule has 0 saturated carbocycles. The topological polar surface area (TPSA) is 49.2 Å². The van der Waals surface area contributed by atoms with Crippen molar-refractivity contribution in [2.75, 3.05) is 18.0 Å². The van der Waals surface area contributed by atoms with Gasteiger partial charge in [-0.15, -0.1) is 0 Å². The third kappa shape index (κ3) is 2.38. The molecule has 82 valence electrons. The van der Waals surface area contributed by atoms with E-state index in [0.29, 0.717) is 12.5 Å². The first-order valence-electron chi connectivity index (χ1n) is 5.08. The number of hydrogen-bond donors (Lipinski definition) is 1. The minimum absolute atomic E-state index is 0.251. The van der Waals surface area contributed by atoms with E-state index in [1.807, 2.05) is 11.0 Å². The van der Waals surface area contributed by atoms with E-state index in [9.17, 15) is 5.11 Å². The molecule has 1 saturated heterocycles. The summed E-state index contributed by atoms with van der Waals surface area (Å²) in [5.41, 5.74) is 0. The Hall–Kier alpha value is -0.870. The fraction of sp³-hybridized carbons (Fsp3) is 0.600. The van der Waals surface area contributed by atoms with Crippen LogP contribution in [-0.4, -0.2) is 34.3 Å². The first-order chi connectivity index (χ1) is 7.16. The molecule has 2 unspecified atom stereocenters. The van der Waals surface area contributed by atoms with E-state index in [1.165, 1.54) is 0 Å².